The summed E-state index contributed by atoms with van der Waals surface area (Å²) in [7, 11) is -9.93. The molecule has 104 heavy (non-hydrogen) atoms. The molecule has 5 unspecified atom stereocenters. The Morgan fingerprint density at radius 2 is 0.462 bits per heavy atom. The zero-order valence-electron chi connectivity index (χ0n) is 68.7. The van der Waals surface area contributed by atoms with Crippen LogP contribution in [0.2, 0.25) is 0 Å². The lowest BCUT2D eigenvalue weighted by molar-refractivity contribution is -0.161. The Morgan fingerprint density at radius 1 is 0.269 bits per heavy atom. The molecule has 0 heterocycles. The van der Waals surface area contributed by atoms with Crippen molar-refractivity contribution >= 4 is 39.5 Å². The molecule has 3 N–H and O–H groups in total. The summed E-state index contributed by atoms with van der Waals surface area (Å²) in [4.78, 5) is 73.2. The van der Waals surface area contributed by atoms with E-state index in [0.717, 1.165) is 114 Å². The van der Waals surface area contributed by atoms with Gasteiger partial charge in [0.2, 0.25) is 0 Å². The Kier molecular flexibility index (Phi) is 72.5. The molecule has 0 aromatic carbocycles. The van der Waals surface area contributed by atoms with Gasteiger partial charge in [0.05, 0.1) is 26.4 Å². The quantitative estimate of drug-likeness (QED) is 0.0222. The lowest BCUT2D eigenvalue weighted by Crippen LogP contribution is -2.30. The number of hydrogen-bond donors (Lipinski definition) is 3. The van der Waals surface area contributed by atoms with Crippen molar-refractivity contribution in [3.8, 4) is 0 Å². The van der Waals surface area contributed by atoms with Crippen LogP contribution >= 0.6 is 15.6 Å². The first kappa shape index (κ1) is 102. The number of esters is 4. The smallest absolute Gasteiger partial charge is 0.462 e. The van der Waals surface area contributed by atoms with Crippen molar-refractivity contribution in [2.24, 2.45) is 23.7 Å². The number of ether oxygens (including phenoxy) is 4. The standard InChI is InChI=1S/C85H166O17P2/c1-9-77(7)63-55-47-39-30-23-19-15-13-11-12-14-16-21-25-32-41-49-57-65-82(87)95-71-80(101-84(89)67-59-51-43-33-26-22-18-17-20-24-31-40-48-56-64-78(8)10-2)73-99-103(91,92)97-69-79(86)70-98-104(93,94)100-74-81(72-96-83(88)66-58-50-42-36-35-38-46-54-62-76(5)6)102-85(90)68-60-52-44-34-28-27-29-37-45-53-61-75(3)4/h75-81,86H,9-74H2,1-8H3,(H,91,92)(H,93,94)/t77?,78?,79?,80-,81-/m1/s1. The summed E-state index contributed by atoms with van der Waals surface area (Å²) in [6.07, 6.45) is 62.5. The first-order chi connectivity index (χ1) is 50.2. The minimum atomic E-state index is -4.97. The van der Waals surface area contributed by atoms with Crippen molar-refractivity contribution in [1.29, 1.82) is 0 Å². The van der Waals surface area contributed by atoms with Gasteiger partial charge in [-0.05, 0) is 49.4 Å². The van der Waals surface area contributed by atoms with Gasteiger partial charge in [-0.1, -0.05) is 389 Å². The number of rotatable bonds is 82. The first-order valence-electron chi connectivity index (χ1n) is 43.8. The van der Waals surface area contributed by atoms with E-state index in [2.05, 4.69) is 55.4 Å². The Labute approximate surface area is 638 Å². The van der Waals surface area contributed by atoms with Crippen LogP contribution in [0.3, 0.4) is 0 Å². The lowest BCUT2D eigenvalue weighted by Gasteiger charge is -2.21. The number of phosphoric ester groups is 2. The molecule has 0 aromatic heterocycles. The Bertz CT molecular complexity index is 2030. The molecule has 618 valence electrons. The number of phosphoric acid groups is 2. The second kappa shape index (κ2) is 73.8. The summed E-state index contributed by atoms with van der Waals surface area (Å²) >= 11 is 0. The van der Waals surface area contributed by atoms with E-state index >= 15 is 0 Å². The zero-order valence-corrected chi connectivity index (χ0v) is 70.5. The minimum Gasteiger partial charge on any atom is -0.462 e. The average molecular weight is 1520 g/mol. The van der Waals surface area contributed by atoms with Gasteiger partial charge in [-0.2, -0.15) is 0 Å². The van der Waals surface area contributed by atoms with Crippen LogP contribution in [0.5, 0.6) is 0 Å². The van der Waals surface area contributed by atoms with Gasteiger partial charge in [-0.15, -0.1) is 0 Å². The molecule has 0 aliphatic carbocycles. The van der Waals surface area contributed by atoms with Gasteiger partial charge in [-0.25, -0.2) is 9.13 Å². The molecule has 0 aliphatic heterocycles. The van der Waals surface area contributed by atoms with Crippen molar-refractivity contribution in [3.05, 3.63) is 0 Å². The Hall–Kier alpha value is -1.94. The molecule has 0 amide bonds. The number of aliphatic hydroxyl groups is 1. The molecule has 0 fully saturated rings. The highest BCUT2D eigenvalue weighted by Crippen LogP contribution is 2.45. The molecule has 0 spiro atoms. The molecule has 0 aliphatic rings. The third-order valence-electron chi connectivity index (χ3n) is 20.5. The van der Waals surface area contributed by atoms with Crippen molar-refractivity contribution in [2.75, 3.05) is 39.6 Å². The number of carbonyl (C=O) groups is 4. The molecule has 0 saturated heterocycles. The second-order valence-corrected chi connectivity index (χ2v) is 34.9. The molecule has 0 rings (SSSR count). The summed E-state index contributed by atoms with van der Waals surface area (Å²) in [5.74, 6) is 1.09. The molecule has 0 bridgehead atoms. The van der Waals surface area contributed by atoms with Crippen LogP contribution in [0.1, 0.15) is 441 Å². The largest absolute Gasteiger partial charge is 0.472 e. The van der Waals surface area contributed by atoms with Gasteiger partial charge in [0.15, 0.2) is 12.2 Å². The predicted octanol–water partition coefficient (Wildman–Crippen LogP) is 25.6. The van der Waals surface area contributed by atoms with Crippen LogP contribution in [0.4, 0.5) is 0 Å². The van der Waals surface area contributed by atoms with E-state index in [-0.39, 0.29) is 25.7 Å². The summed E-state index contributed by atoms with van der Waals surface area (Å²) in [5, 5.41) is 10.7. The molecular formula is C85H166O17P2. The highest BCUT2D eigenvalue weighted by Gasteiger charge is 2.30. The maximum absolute atomic E-state index is 13.1. The van der Waals surface area contributed by atoms with Gasteiger partial charge in [-0.3, -0.25) is 37.3 Å². The topological polar surface area (TPSA) is 237 Å². The van der Waals surface area contributed by atoms with Crippen molar-refractivity contribution in [2.45, 2.75) is 459 Å². The third-order valence-corrected chi connectivity index (χ3v) is 22.4. The van der Waals surface area contributed by atoms with Crippen molar-refractivity contribution in [3.63, 3.8) is 0 Å². The fourth-order valence-corrected chi connectivity index (χ4v) is 14.7. The van der Waals surface area contributed by atoms with Gasteiger partial charge >= 0.3 is 39.5 Å². The molecule has 0 aromatic rings. The van der Waals surface area contributed by atoms with E-state index in [1.807, 2.05) is 0 Å². The number of carbonyl (C=O) groups excluding carboxylic acids is 4. The van der Waals surface area contributed by atoms with Crippen LogP contribution < -0.4 is 0 Å². The van der Waals surface area contributed by atoms with Crippen molar-refractivity contribution < 1.29 is 80.2 Å². The summed E-state index contributed by atoms with van der Waals surface area (Å²) < 4.78 is 68.8. The molecule has 0 saturated carbocycles. The maximum atomic E-state index is 13.1. The fourth-order valence-electron chi connectivity index (χ4n) is 13.1. The lowest BCUT2D eigenvalue weighted by atomic mass is 9.99. The summed E-state index contributed by atoms with van der Waals surface area (Å²) in [5.41, 5.74) is 0. The van der Waals surface area contributed by atoms with E-state index in [1.165, 1.54) is 244 Å². The molecule has 7 atom stereocenters. The van der Waals surface area contributed by atoms with E-state index in [0.29, 0.717) is 25.7 Å². The summed E-state index contributed by atoms with van der Waals surface area (Å²) in [6, 6.07) is 0. The van der Waals surface area contributed by atoms with Crippen LogP contribution in [0.25, 0.3) is 0 Å². The molecular weight excluding hydrogens is 1350 g/mol. The van der Waals surface area contributed by atoms with Crippen LogP contribution in [0, 0.1) is 23.7 Å². The normalized spacial score (nSPS) is 14.5. The number of unbranched alkanes of at least 4 members (excludes halogenated alkanes) is 46. The average Bonchev–Trinajstić information content (AvgIpc) is 0.921. The monoisotopic (exact) mass is 1520 g/mol. The molecule has 0 radical (unpaired) electrons. The van der Waals surface area contributed by atoms with Crippen LogP contribution in [-0.2, 0) is 65.4 Å². The maximum Gasteiger partial charge on any atom is 0.472 e. The highest BCUT2D eigenvalue weighted by atomic mass is 31.2. The minimum absolute atomic E-state index is 0.105. The van der Waals surface area contributed by atoms with E-state index < -0.39 is 97.5 Å². The van der Waals surface area contributed by atoms with Gasteiger partial charge in [0.1, 0.15) is 19.3 Å². The first-order valence-corrected chi connectivity index (χ1v) is 46.8. The Balaban J connectivity index is 5.22. The van der Waals surface area contributed by atoms with E-state index in [4.69, 9.17) is 37.0 Å². The zero-order chi connectivity index (χ0) is 76.7. The third kappa shape index (κ3) is 75.5. The van der Waals surface area contributed by atoms with E-state index in [1.54, 1.807) is 0 Å². The van der Waals surface area contributed by atoms with Crippen molar-refractivity contribution in [1.82, 2.24) is 0 Å². The van der Waals surface area contributed by atoms with Gasteiger partial charge in [0, 0.05) is 25.7 Å². The Morgan fingerprint density at radius 3 is 0.683 bits per heavy atom. The SMILES string of the molecule is CCC(C)CCCCCCCCCCCCCCCCCCCCC(=O)OC[C@H](COP(=O)(O)OCC(O)COP(=O)(O)OC[C@@H](COC(=O)CCCCCCCCCCC(C)C)OC(=O)CCCCCCCCCCCCC(C)C)OC(=O)CCCCCCCCCCCCCCCCC(C)CC. The molecule has 19 heteroatoms. The number of hydrogen-bond acceptors (Lipinski definition) is 15. The molecule has 17 nitrogen and oxygen atoms in total. The summed E-state index contributed by atoms with van der Waals surface area (Å²) in [6.45, 7) is 14.3. The second-order valence-electron chi connectivity index (χ2n) is 32.0. The number of aliphatic hydroxyl groups excluding tert-OH is 1. The van der Waals surface area contributed by atoms with Gasteiger partial charge < -0.3 is 33.8 Å². The fraction of sp³-hybridized carbons (Fsp3) is 0.953. The van der Waals surface area contributed by atoms with Crippen LogP contribution in [0.15, 0.2) is 0 Å². The highest BCUT2D eigenvalue weighted by molar-refractivity contribution is 7.47. The predicted molar refractivity (Wildman–Crippen MR) is 428 cm³/mol. The van der Waals surface area contributed by atoms with E-state index in [9.17, 15) is 43.2 Å². The van der Waals surface area contributed by atoms with Crippen LogP contribution in [-0.4, -0.2) is 96.7 Å². The van der Waals surface area contributed by atoms with Gasteiger partial charge in [0.25, 0.3) is 0 Å².